The highest BCUT2D eigenvalue weighted by atomic mass is 16.5. The summed E-state index contributed by atoms with van der Waals surface area (Å²) in [7, 11) is 1.69. The Morgan fingerprint density at radius 1 is 0.846 bits per heavy atom. The van der Waals surface area contributed by atoms with Crippen molar-refractivity contribution in [2.45, 2.75) is 71.1 Å². The van der Waals surface area contributed by atoms with Gasteiger partial charge in [0.15, 0.2) is 11.5 Å². The van der Waals surface area contributed by atoms with Crippen LogP contribution >= 0.6 is 0 Å². The Morgan fingerprint density at radius 2 is 1.64 bits per heavy atom. The number of nitrogens with zero attached hydrogens (tertiary/aromatic N) is 2. The fourth-order valence-electron chi connectivity index (χ4n) is 5.17. The van der Waals surface area contributed by atoms with Crippen LogP contribution in [0.4, 0.5) is 0 Å². The lowest BCUT2D eigenvalue weighted by Gasteiger charge is -2.38. The van der Waals surface area contributed by atoms with E-state index in [-0.39, 0.29) is 12.3 Å². The highest BCUT2D eigenvalue weighted by Crippen LogP contribution is 2.48. The summed E-state index contributed by atoms with van der Waals surface area (Å²) in [5.74, 6) is 3.27. The Labute approximate surface area is 232 Å². The quantitative estimate of drug-likeness (QED) is 0.210. The van der Waals surface area contributed by atoms with Crippen LogP contribution in [-0.2, 0) is 0 Å². The molecule has 39 heavy (non-hydrogen) atoms. The summed E-state index contributed by atoms with van der Waals surface area (Å²) in [6, 6.07) is 22.7. The monoisotopic (exact) mass is 528 g/mol. The number of ether oxygens (including phenoxy) is 4. The molecule has 2 heterocycles. The van der Waals surface area contributed by atoms with Gasteiger partial charge >= 0.3 is 0 Å². The number of hydrogen-bond acceptors (Lipinski definition) is 6. The first-order chi connectivity index (χ1) is 19.2. The lowest BCUT2D eigenvalue weighted by molar-refractivity contribution is -0.0191. The van der Waals surface area contributed by atoms with Gasteiger partial charge in [0.1, 0.15) is 11.5 Å². The van der Waals surface area contributed by atoms with Gasteiger partial charge in [0.2, 0.25) is 6.23 Å². The molecule has 2 aliphatic rings. The summed E-state index contributed by atoms with van der Waals surface area (Å²) in [5, 5.41) is 7.21. The summed E-state index contributed by atoms with van der Waals surface area (Å²) in [6.07, 6.45) is 7.28. The Morgan fingerprint density at radius 3 is 2.44 bits per heavy atom. The van der Waals surface area contributed by atoms with Crippen LogP contribution in [0.15, 0.2) is 71.8 Å². The van der Waals surface area contributed by atoms with E-state index in [2.05, 4.69) is 49.2 Å². The number of hydrogen-bond donors (Lipinski definition) is 0. The van der Waals surface area contributed by atoms with Crippen LogP contribution < -0.4 is 18.9 Å². The summed E-state index contributed by atoms with van der Waals surface area (Å²) in [6.45, 7) is 5.82. The van der Waals surface area contributed by atoms with Crippen LogP contribution in [0.3, 0.4) is 0 Å². The van der Waals surface area contributed by atoms with E-state index in [9.17, 15) is 0 Å². The SMILES string of the molecule is CCCCCCOc1ccc([C@H]2Oc3ccccc3[C@@H]3CC(c4ccc(OCCCC)cc4)=NN23)cc1OC. The van der Waals surface area contributed by atoms with Crippen molar-refractivity contribution in [1.82, 2.24) is 5.01 Å². The minimum Gasteiger partial charge on any atom is -0.494 e. The molecule has 0 saturated carbocycles. The summed E-state index contributed by atoms with van der Waals surface area (Å²) in [5.41, 5.74) is 4.29. The molecule has 0 radical (unpaired) electrons. The van der Waals surface area contributed by atoms with E-state index in [1.165, 1.54) is 19.3 Å². The summed E-state index contributed by atoms with van der Waals surface area (Å²) < 4.78 is 24.2. The molecule has 0 spiro atoms. The van der Waals surface area contributed by atoms with Crippen LogP contribution in [-0.4, -0.2) is 31.0 Å². The molecular weight excluding hydrogens is 488 g/mol. The molecule has 0 amide bonds. The Bertz CT molecular complexity index is 1260. The van der Waals surface area contributed by atoms with E-state index >= 15 is 0 Å². The largest absolute Gasteiger partial charge is 0.494 e. The van der Waals surface area contributed by atoms with Crippen LogP contribution in [0.5, 0.6) is 23.0 Å². The van der Waals surface area contributed by atoms with Gasteiger partial charge in [-0.3, -0.25) is 0 Å². The minimum atomic E-state index is -0.369. The highest BCUT2D eigenvalue weighted by Gasteiger charge is 2.41. The maximum atomic E-state index is 6.56. The van der Waals surface area contributed by atoms with Crippen molar-refractivity contribution in [2.75, 3.05) is 20.3 Å². The van der Waals surface area contributed by atoms with Crippen molar-refractivity contribution in [2.24, 2.45) is 5.10 Å². The molecule has 0 N–H and O–H groups in total. The molecule has 0 saturated heterocycles. The average molecular weight is 529 g/mol. The molecule has 0 fully saturated rings. The fraction of sp³-hybridized carbons (Fsp3) is 0.424. The van der Waals surface area contributed by atoms with Crippen LogP contribution in [0.1, 0.15) is 87.8 Å². The third-order valence-corrected chi connectivity index (χ3v) is 7.38. The molecule has 3 aromatic carbocycles. The van der Waals surface area contributed by atoms with Crippen molar-refractivity contribution < 1.29 is 18.9 Å². The predicted octanol–water partition coefficient (Wildman–Crippen LogP) is 8.08. The maximum absolute atomic E-state index is 6.56. The molecule has 2 atom stereocenters. The predicted molar refractivity (Wildman–Crippen MR) is 155 cm³/mol. The molecule has 0 aliphatic carbocycles. The lowest BCUT2D eigenvalue weighted by Crippen LogP contribution is -2.33. The third-order valence-electron chi connectivity index (χ3n) is 7.38. The molecule has 3 aromatic rings. The van der Waals surface area contributed by atoms with Gasteiger partial charge < -0.3 is 18.9 Å². The normalized spacial score (nSPS) is 17.6. The number of fused-ring (bicyclic) bond motifs is 3. The van der Waals surface area contributed by atoms with Gasteiger partial charge in [-0.05, 0) is 66.9 Å². The van der Waals surface area contributed by atoms with Gasteiger partial charge in [-0.1, -0.05) is 57.7 Å². The number of hydrazone groups is 1. The Hall–Kier alpha value is -3.67. The second kappa shape index (κ2) is 12.9. The van der Waals surface area contributed by atoms with Crippen LogP contribution in [0, 0.1) is 0 Å². The van der Waals surface area contributed by atoms with Crippen molar-refractivity contribution in [1.29, 1.82) is 0 Å². The fourth-order valence-corrected chi connectivity index (χ4v) is 5.17. The zero-order valence-electron chi connectivity index (χ0n) is 23.4. The molecule has 6 nitrogen and oxygen atoms in total. The number of rotatable bonds is 13. The van der Waals surface area contributed by atoms with Crippen LogP contribution in [0.2, 0.25) is 0 Å². The standard InChI is InChI=1S/C33H40N2O4/c1-4-6-8-11-21-38-31-19-16-25(22-32(31)36-3)33-35-29(27-12-9-10-13-30(27)39-33)23-28(34-35)24-14-17-26(18-15-24)37-20-7-5-2/h9-10,12-19,22,29,33H,4-8,11,20-21,23H2,1-3H3/t29-,33+/m0/s1. The van der Waals surface area contributed by atoms with Crippen molar-refractivity contribution in [3.63, 3.8) is 0 Å². The van der Waals surface area contributed by atoms with Gasteiger partial charge in [0.25, 0.3) is 0 Å². The molecule has 206 valence electrons. The molecular formula is C33H40N2O4. The van der Waals surface area contributed by atoms with E-state index < -0.39 is 0 Å². The summed E-state index contributed by atoms with van der Waals surface area (Å²) >= 11 is 0. The van der Waals surface area contributed by atoms with Gasteiger partial charge in [0.05, 0.1) is 32.1 Å². The number of benzene rings is 3. The topological polar surface area (TPSA) is 52.5 Å². The Balaban J connectivity index is 1.38. The van der Waals surface area contributed by atoms with Gasteiger partial charge in [-0.25, -0.2) is 5.01 Å². The Kier molecular flexibility index (Phi) is 8.92. The number of para-hydroxylation sites is 1. The van der Waals surface area contributed by atoms with Crippen LogP contribution in [0.25, 0.3) is 0 Å². The van der Waals surface area contributed by atoms with E-state index in [0.717, 1.165) is 71.9 Å². The smallest absolute Gasteiger partial charge is 0.214 e. The second-order valence-electron chi connectivity index (χ2n) is 10.2. The van der Waals surface area contributed by atoms with E-state index in [0.29, 0.717) is 12.4 Å². The van der Waals surface area contributed by atoms with E-state index in [4.69, 9.17) is 24.0 Å². The minimum absolute atomic E-state index is 0.0934. The lowest BCUT2D eigenvalue weighted by atomic mass is 9.96. The first-order valence-electron chi connectivity index (χ1n) is 14.4. The maximum Gasteiger partial charge on any atom is 0.214 e. The van der Waals surface area contributed by atoms with Crippen molar-refractivity contribution in [3.05, 3.63) is 83.4 Å². The molecule has 6 heteroatoms. The average Bonchev–Trinajstić information content (AvgIpc) is 3.43. The molecule has 2 aliphatic heterocycles. The van der Waals surface area contributed by atoms with E-state index in [1.54, 1.807) is 7.11 Å². The first kappa shape index (κ1) is 26.9. The number of methoxy groups -OCH3 is 1. The van der Waals surface area contributed by atoms with Gasteiger partial charge in [-0.15, -0.1) is 0 Å². The van der Waals surface area contributed by atoms with Crippen molar-refractivity contribution >= 4 is 5.71 Å². The van der Waals surface area contributed by atoms with Gasteiger partial charge in [-0.2, -0.15) is 5.10 Å². The zero-order chi connectivity index (χ0) is 27.0. The molecule has 0 unspecified atom stereocenters. The van der Waals surface area contributed by atoms with E-state index in [1.807, 2.05) is 36.4 Å². The van der Waals surface area contributed by atoms with Crippen molar-refractivity contribution in [3.8, 4) is 23.0 Å². The molecule has 0 bridgehead atoms. The molecule has 0 aromatic heterocycles. The number of unbranched alkanes of at least 4 members (excludes halogenated alkanes) is 4. The molecule has 5 rings (SSSR count). The second-order valence-corrected chi connectivity index (χ2v) is 10.2. The third kappa shape index (κ3) is 6.16. The first-order valence-corrected chi connectivity index (χ1v) is 14.4. The van der Waals surface area contributed by atoms with Gasteiger partial charge in [0, 0.05) is 17.5 Å². The zero-order valence-corrected chi connectivity index (χ0v) is 23.4. The highest BCUT2D eigenvalue weighted by molar-refractivity contribution is 6.02. The summed E-state index contributed by atoms with van der Waals surface area (Å²) in [4.78, 5) is 0.